The number of hydrogen-bond donors (Lipinski definition) is 2. The Bertz CT molecular complexity index is 1150. The summed E-state index contributed by atoms with van der Waals surface area (Å²) in [4.78, 5) is 35.0. The molecule has 0 aromatic heterocycles. The van der Waals surface area contributed by atoms with Crippen molar-refractivity contribution in [3.8, 4) is 0 Å². The molecule has 2 unspecified atom stereocenters. The lowest BCUT2D eigenvalue weighted by Gasteiger charge is -2.20. The molecule has 0 saturated heterocycles. The average molecular weight is 806 g/mol. The van der Waals surface area contributed by atoms with Crippen LogP contribution >= 0.6 is 7.82 Å². The zero-order valence-corrected chi connectivity index (χ0v) is 36.5. The maximum absolute atomic E-state index is 12.6. The van der Waals surface area contributed by atoms with Crippen molar-refractivity contribution in [2.45, 2.75) is 174 Å². The smallest absolute Gasteiger partial charge is 0.462 e. The molecule has 9 nitrogen and oxygen atoms in total. The molecular weight excluding hydrogens is 725 g/mol. The summed E-state index contributed by atoms with van der Waals surface area (Å²) in [5.74, 6) is -0.887. The molecular formula is C46H80NO8P. The van der Waals surface area contributed by atoms with Crippen molar-refractivity contribution in [3.05, 3.63) is 72.9 Å². The largest absolute Gasteiger partial charge is 0.472 e. The molecule has 0 amide bonds. The maximum Gasteiger partial charge on any atom is 0.472 e. The fourth-order valence-corrected chi connectivity index (χ4v) is 6.21. The molecule has 2 atom stereocenters. The number of phosphoric acid groups is 1. The Hall–Kier alpha value is -2.55. The second-order valence-corrected chi connectivity index (χ2v) is 15.6. The monoisotopic (exact) mass is 806 g/mol. The Morgan fingerprint density at radius 2 is 0.982 bits per heavy atom. The maximum atomic E-state index is 12.6. The Morgan fingerprint density at radius 3 is 1.48 bits per heavy atom. The van der Waals surface area contributed by atoms with Gasteiger partial charge in [0.25, 0.3) is 0 Å². The number of carbonyl (C=O) groups excluding carboxylic acids is 2. The first-order valence-electron chi connectivity index (χ1n) is 21.9. The summed E-state index contributed by atoms with van der Waals surface area (Å²) >= 11 is 0. The molecule has 0 aliphatic carbocycles. The highest BCUT2D eigenvalue weighted by atomic mass is 31.2. The van der Waals surface area contributed by atoms with Crippen LogP contribution in [0.5, 0.6) is 0 Å². The Balaban J connectivity index is 4.34. The van der Waals surface area contributed by atoms with Gasteiger partial charge in [-0.15, -0.1) is 0 Å². The molecule has 322 valence electrons. The molecule has 0 fully saturated rings. The number of carbonyl (C=O) groups is 2. The molecule has 0 aromatic carbocycles. The van der Waals surface area contributed by atoms with Gasteiger partial charge in [0.1, 0.15) is 6.61 Å². The average Bonchev–Trinajstić information content (AvgIpc) is 3.18. The summed E-state index contributed by atoms with van der Waals surface area (Å²) in [6.07, 6.45) is 49.5. The first-order valence-corrected chi connectivity index (χ1v) is 23.4. The molecule has 56 heavy (non-hydrogen) atoms. The number of unbranched alkanes of at least 4 members (excludes halogenated alkanes) is 14. The van der Waals surface area contributed by atoms with Crippen molar-refractivity contribution >= 4 is 19.8 Å². The van der Waals surface area contributed by atoms with E-state index in [1.807, 2.05) is 0 Å². The van der Waals surface area contributed by atoms with Gasteiger partial charge in [0, 0.05) is 19.4 Å². The van der Waals surface area contributed by atoms with E-state index in [1.54, 1.807) is 7.05 Å². The van der Waals surface area contributed by atoms with Gasteiger partial charge in [-0.1, -0.05) is 145 Å². The molecule has 0 heterocycles. The van der Waals surface area contributed by atoms with E-state index in [9.17, 15) is 19.0 Å². The van der Waals surface area contributed by atoms with Crippen LogP contribution < -0.4 is 5.32 Å². The topological polar surface area (TPSA) is 120 Å². The lowest BCUT2D eigenvalue weighted by molar-refractivity contribution is -0.161. The van der Waals surface area contributed by atoms with E-state index in [0.29, 0.717) is 19.4 Å². The Labute approximate surface area is 342 Å². The van der Waals surface area contributed by atoms with Crippen LogP contribution in [0.15, 0.2) is 72.9 Å². The van der Waals surface area contributed by atoms with Crippen LogP contribution in [0.4, 0.5) is 0 Å². The zero-order valence-electron chi connectivity index (χ0n) is 35.6. The predicted octanol–water partition coefficient (Wildman–Crippen LogP) is 12.5. The highest BCUT2D eigenvalue weighted by Gasteiger charge is 2.26. The molecule has 0 bridgehead atoms. The number of likely N-dealkylation sites (N-methyl/N-ethyl adjacent to an activating group) is 1. The number of esters is 2. The lowest BCUT2D eigenvalue weighted by Crippen LogP contribution is -2.29. The van der Waals surface area contributed by atoms with Gasteiger partial charge in [-0.05, 0) is 90.5 Å². The van der Waals surface area contributed by atoms with Crippen LogP contribution in [0, 0.1) is 0 Å². The first-order chi connectivity index (χ1) is 27.3. The number of ether oxygens (including phenoxy) is 2. The van der Waals surface area contributed by atoms with Gasteiger partial charge in [0.15, 0.2) is 6.10 Å². The minimum atomic E-state index is -4.37. The molecule has 0 radical (unpaired) electrons. The van der Waals surface area contributed by atoms with E-state index in [2.05, 4.69) is 92.1 Å². The summed E-state index contributed by atoms with van der Waals surface area (Å²) in [6, 6.07) is 0. The van der Waals surface area contributed by atoms with E-state index < -0.39 is 32.5 Å². The van der Waals surface area contributed by atoms with E-state index in [-0.39, 0.29) is 26.1 Å². The SMILES string of the molecule is CCCCC/C=C\C/C=C\C/C=C\C/C=C\CCCC(=O)OCC(COP(=O)(O)OCCNC)OC(=O)CCCCCCCCC/C=C\C/C=C\CCCCC. The third-order valence-corrected chi connectivity index (χ3v) is 9.78. The van der Waals surface area contributed by atoms with E-state index in [4.69, 9.17) is 18.5 Å². The van der Waals surface area contributed by atoms with Gasteiger partial charge >= 0.3 is 19.8 Å². The van der Waals surface area contributed by atoms with Crippen molar-refractivity contribution in [3.63, 3.8) is 0 Å². The predicted molar refractivity (Wildman–Crippen MR) is 233 cm³/mol. The molecule has 10 heteroatoms. The van der Waals surface area contributed by atoms with Crippen LogP contribution in [0.2, 0.25) is 0 Å². The van der Waals surface area contributed by atoms with Crippen molar-refractivity contribution in [2.75, 3.05) is 33.4 Å². The summed E-state index contributed by atoms with van der Waals surface area (Å²) < 4.78 is 33.1. The lowest BCUT2D eigenvalue weighted by atomic mass is 10.1. The second kappa shape index (κ2) is 42.1. The molecule has 0 aliphatic rings. The van der Waals surface area contributed by atoms with Crippen molar-refractivity contribution in [1.82, 2.24) is 5.32 Å². The minimum absolute atomic E-state index is 0.0304. The first kappa shape index (κ1) is 53.5. The van der Waals surface area contributed by atoms with Gasteiger partial charge in [-0.25, -0.2) is 4.57 Å². The van der Waals surface area contributed by atoms with Gasteiger partial charge in [0.2, 0.25) is 0 Å². The van der Waals surface area contributed by atoms with Crippen LogP contribution in [-0.2, 0) is 32.7 Å². The minimum Gasteiger partial charge on any atom is -0.462 e. The van der Waals surface area contributed by atoms with Gasteiger partial charge < -0.3 is 19.7 Å². The third kappa shape index (κ3) is 41.1. The van der Waals surface area contributed by atoms with E-state index in [0.717, 1.165) is 57.8 Å². The molecule has 0 rings (SSSR count). The number of rotatable bonds is 40. The number of phosphoric ester groups is 1. The number of nitrogens with one attached hydrogen (secondary N) is 1. The van der Waals surface area contributed by atoms with Crippen LogP contribution in [0.3, 0.4) is 0 Å². The molecule has 0 aromatic rings. The fourth-order valence-electron chi connectivity index (χ4n) is 5.46. The van der Waals surface area contributed by atoms with Crippen LogP contribution in [0.1, 0.15) is 168 Å². The van der Waals surface area contributed by atoms with Crippen LogP contribution in [0.25, 0.3) is 0 Å². The zero-order chi connectivity index (χ0) is 41.1. The quantitative estimate of drug-likeness (QED) is 0.0270. The van der Waals surface area contributed by atoms with Gasteiger partial charge in [-0.3, -0.25) is 18.6 Å². The summed E-state index contributed by atoms with van der Waals surface area (Å²) in [6.45, 7) is 4.09. The third-order valence-electron chi connectivity index (χ3n) is 8.80. The van der Waals surface area contributed by atoms with Crippen molar-refractivity contribution in [1.29, 1.82) is 0 Å². The van der Waals surface area contributed by atoms with Crippen molar-refractivity contribution in [2.24, 2.45) is 0 Å². The second-order valence-electron chi connectivity index (χ2n) is 14.2. The number of hydrogen-bond acceptors (Lipinski definition) is 8. The molecule has 0 saturated carbocycles. The fraction of sp³-hybridized carbons (Fsp3) is 0.696. The standard InChI is InChI=1S/C46H80NO8P/c1-4-6-8-10-12-14-16-18-20-22-24-26-28-30-32-34-36-38-45(48)52-42-44(43-54-56(50,51)53-41-40-47-3)55-46(49)39-37-35-33-31-29-27-25-23-21-19-17-15-13-11-9-7-5-2/h12-15,18-21,24,26,30,32,44,47H,4-11,16-17,22-23,25,27-29,31,33-43H2,1-3H3,(H,50,51)/b14-12-,15-13-,20-18-,21-19-,26-24-,32-30-. The summed E-state index contributed by atoms with van der Waals surface area (Å²) in [5, 5.41) is 2.82. The van der Waals surface area contributed by atoms with Crippen molar-refractivity contribution < 1.29 is 37.6 Å². The van der Waals surface area contributed by atoms with E-state index >= 15 is 0 Å². The van der Waals surface area contributed by atoms with E-state index in [1.165, 1.54) is 70.6 Å². The van der Waals surface area contributed by atoms with Gasteiger partial charge in [0.05, 0.1) is 13.2 Å². The molecule has 2 N–H and O–H groups in total. The Kier molecular flexibility index (Phi) is 40.2. The Morgan fingerprint density at radius 1 is 0.554 bits per heavy atom. The normalized spacial score (nSPS) is 14.0. The molecule has 0 spiro atoms. The summed E-state index contributed by atoms with van der Waals surface area (Å²) in [5.41, 5.74) is 0. The highest BCUT2D eigenvalue weighted by molar-refractivity contribution is 7.47. The highest BCUT2D eigenvalue weighted by Crippen LogP contribution is 2.43. The molecule has 0 aliphatic heterocycles. The van der Waals surface area contributed by atoms with Crippen LogP contribution in [-0.4, -0.2) is 56.3 Å². The summed E-state index contributed by atoms with van der Waals surface area (Å²) in [7, 11) is -2.68. The van der Waals surface area contributed by atoms with Gasteiger partial charge in [-0.2, -0.15) is 0 Å². The number of allylic oxidation sites excluding steroid dienone is 12.